The minimum Gasteiger partial charge on any atom is -0.484 e. The van der Waals surface area contributed by atoms with Crippen LogP contribution in [-0.4, -0.2) is 84.0 Å². The quantitative estimate of drug-likeness (QED) is 0.561. The number of carbonyl (C=O) groups is 3. The lowest BCUT2D eigenvalue weighted by Crippen LogP contribution is -2.56. The predicted octanol–water partition coefficient (Wildman–Crippen LogP) is 2.88. The molecule has 0 spiro atoms. The normalized spacial score (nSPS) is 26.2. The van der Waals surface area contributed by atoms with Crippen LogP contribution < -0.4 is 10.1 Å². The van der Waals surface area contributed by atoms with Gasteiger partial charge in [-0.05, 0) is 70.2 Å². The van der Waals surface area contributed by atoms with Gasteiger partial charge in [0, 0.05) is 25.7 Å². The van der Waals surface area contributed by atoms with Crippen molar-refractivity contribution in [3.63, 3.8) is 0 Å². The van der Waals surface area contributed by atoms with Gasteiger partial charge in [0.2, 0.25) is 0 Å². The molecule has 4 rings (SSSR count). The minimum absolute atomic E-state index is 0.00778. The molecule has 0 unspecified atom stereocenters. The highest BCUT2D eigenvalue weighted by molar-refractivity contribution is 6.07. The van der Waals surface area contributed by atoms with Gasteiger partial charge in [0.15, 0.2) is 6.61 Å². The monoisotopic (exact) mass is 470 g/mol. The molecule has 0 aromatic heterocycles. The van der Waals surface area contributed by atoms with E-state index < -0.39 is 5.54 Å². The molecule has 4 amide bonds. The molecule has 0 saturated carbocycles. The third-order valence-electron chi connectivity index (χ3n) is 7.85. The van der Waals surface area contributed by atoms with Crippen LogP contribution in [0.3, 0.4) is 0 Å². The van der Waals surface area contributed by atoms with Crippen LogP contribution >= 0.6 is 0 Å². The van der Waals surface area contributed by atoms with Gasteiger partial charge in [-0.15, -0.1) is 0 Å². The molecule has 34 heavy (non-hydrogen) atoms. The summed E-state index contributed by atoms with van der Waals surface area (Å²) in [5.41, 5.74) is -0.844. The maximum Gasteiger partial charge on any atom is 0.325 e. The average Bonchev–Trinajstić information content (AvgIpc) is 3.37. The third-order valence-corrected chi connectivity index (χ3v) is 7.85. The largest absolute Gasteiger partial charge is 0.484 e. The van der Waals surface area contributed by atoms with E-state index in [1.165, 1.54) is 11.3 Å². The number of hydrogen-bond donors (Lipinski definition) is 1. The molecule has 1 aromatic rings. The molecule has 3 aliphatic heterocycles. The zero-order valence-electron chi connectivity index (χ0n) is 20.5. The number of benzene rings is 1. The van der Waals surface area contributed by atoms with Gasteiger partial charge in [-0.1, -0.05) is 31.5 Å². The number of carbonyl (C=O) groups excluding carboxylic acids is 3. The summed E-state index contributed by atoms with van der Waals surface area (Å²) in [5, 5.41) is 3.11. The number of amides is 4. The summed E-state index contributed by atoms with van der Waals surface area (Å²) in [6, 6.07) is 9.50. The van der Waals surface area contributed by atoms with Crippen LogP contribution in [0.15, 0.2) is 30.3 Å². The number of nitrogens with one attached hydrogen (secondary N) is 1. The molecular formula is C26H38N4O4. The second-order valence-electron chi connectivity index (χ2n) is 9.93. The van der Waals surface area contributed by atoms with Crippen molar-refractivity contribution in [2.75, 3.05) is 39.8 Å². The fourth-order valence-corrected chi connectivity index (χ4v) is 5.89. The Hall–Kier alpha value is -2.61. The molecular weight excluding hydrogens is 432 g/mol. The first-order chi connectivity index (χ1) is 16.4. The number of rotatable bonds is 9. The van der Waals surface area contributed by atoms with Gasteiger partial charge in [-0.2, -0.15) is 0 Å². The lowest BCUT2D eigenvalue weighted by atomic mass is 9.74. The zero-order chi connectivity index (χ0) is 24.1. The predicted molar refractivity (Wildman–Crippen MR) is 129 cm³/mol. The third kappa shape index (κ3) is 5.06. The number of likely N-dealkylation sites (tertiary alicyclic amines) is 2. The molecule has 8 nitrogen and oxygen atoms in total. The van der Waals surface area contributed by atoms with Crippen molar-refractivity contribution in [3.8, 4) is 5.75 Å². The molecule has 3 heterocycles. The minimum atomic E-state index is -0.844. The number of ether oxygens (including phenoxy) is 1. The molecule has 0 radical (unpaired) electrons. The van der Waals surface area contributed by atoms with Gasteiger partial charge in [0.25, 0.3) is 11.8 Å². The van der Waals surface area contributed by atoms with Crippen molar-refractivity contribution in [3.05, 3.63) is 30.3 Å². The second kappa shape index (κ2) is 10.8. The molecule has 3 fully saturated rings. The molecule has 3 aliphatic rings. The highest BCUT2D eigenvalue weighted by Gasteiger charge is 2.55. The van der Waals surface area contributed by atoms with E-state index in [1.807, 2.05) is 35.2 Å². The van der Waals surface area contributed by atoms with Crippen molar-refractivity contribution in [1.82, 2.24) is 20.0 Å². The Morgan fingerprint density at radius 2 is 1.85 bits per heavy atom. The smallest absolute Gasteiger partial charge is 0.325 e. The van der Waals surface area contributed by atoms with Crippen molar-refractivity contribution in [1.29, 1.82) is 0 Å². The Morgan fingerprint density at radius 3 is 2.50 bits per heavy atom. The van der Waals surface area contributed by atoms with Gasteiger partial charge >= 0.3 is 6.03 Å². The maximum absolute atomic E-state index is 13.6. The Labute approximate surface area is 202 Å². The van der Waals surface area contributed by atoms with Crippen LogP contribution in [0.5, 0.6) is 5.75 Å². The summed E-state index contributed by atoms with van der Waals surface area (Å²) >= 11 is 0. The number of nitrogens with zero attached hydrogens (tertiary/aromatic N) is 3. The maximum atomic E-state index is 13.6. The van der Waals surface area contributed by atoms with E-state index in [0.29, 0.717) is 50.7 Å². The summed E-state index contributed by atoms with van der Waals surface area (Å²) in [5.74, 6) is 0.589. The number of imide groups is 1. The summed E-state index contributed by atoms with van der Waals surface area (Å²) in [7, 11) is 2.12. The molecule has 0 bridgehead atoms. The Morgan fingerprint density at radius 1 is 1.12 bits per heavy atom. The van der Waals surface area contributed by atoms with Crippen molar-refractivity contribution < 1.29 is 19.1 Å². The molecule has 3 saturated heterocycles. The van der Waals surface area contributed by atoms with Gasteiger partial charge < -0.3 is 19.9 Å². The molecule has 0 aliphatic carbocycles. The number of piperidine rings is 1. The van der Waals surface area contributed by atoms with Gasteiger partial charge in [-0.3, -0.25) is 14.5 Å². The van der Waals surface area contributed by atoms with Crippen LogP contribution in [-0.2, 0) is 9.59 Å². The van der Waals surface area contributed by atoms with E-state index in [1.54, 1.807) is 0 Å². The van der Waals surface area contributed by atoms with E-state index in [4.69, 9.17) is 4.74 Å². The van der Waals surface area contributed by atoms with E-state index in [-0.39, 0.29) is 30.4 Å². The Balaban J connectivity index is 1.34. The lowest BCUT2D eigenvalue weighted by molar-refractivity contribution is -0.137. The van der Waals surface area contributed by atoms with Crippen LogP contribution in [0.25, 0.3) is 0 Å². The molecule has 2 atom stereocenters. The zero-order valence-corrected chi connectivity index (χ0v) is 20.5. The first kappa shape index (κ1) is 24.5. The summed E-state index contributed by atoms with van der Waals surface area (Å²) < 4.78 is 5.62. The Kier molecular flexibility index (Phi) is 7.76. The van der Waals surface area contributed by atoms with Gasteiger partial charge in [0.1, 0.15) is 11.3 Å². The molecule has 1 aromatic carbocycles. The average molecular weight is 471 g/mol. The van der Waals surface area contributed by atoms with Crippen molar-refractivity contribution in [2.24, 2.45) is 5.92 Å². The summed E-state index contributed by atoms with van der Waals surface area (Å²) in [6.45, 7) is 4.76. The first-order valence-electron chi connectivity index (χ1n) is 12.7. The molecule has 1 N–H and O–H groups in total. The summed E-state index contributed by atoms with van der Waals surface area (Å²) in [6.07, 6.45) is 5.97. The van der Waals surface area contributed by atoms with E-state index in [9.17, 15) is 14.4 Å². The summed E-state index contributed by atoms with van der Waals surface area (Å²) in [4.78, 5) is 44.8. The molecule has 186 valence electrons. The number of urea groups is 1. The SMILES string of the molecule is CCC[C@]1(C2CCN(C(=O)COc3ccccc3)CC2)NC(=O)N(CC[C@H]2CCCN2C)C1=O. The highest BCUT2D eigenvalue weighted by Crippen LogP contribution is 2.37. The fourth-order valence-electron chi connectivity index (χ4n) is 5.89. The lowest BCUT2D eigenvalue weighted by Gasteiger charge is -2.41. The van der Waals surface area contributed by atoms with Crippen molar-refractivity contribution in [2.45, 2.75) is 63.5 Å². The van der Waals surface area contributed by atoms with Gasteiger partial charge in [-0.25, -0.2) is 4.79 Å². The van der Waals surface area contributed by atoms with E-state index >= 15 is 0 Å². The number of para-hydroxylation sites is 1. The van der Waals surface area contributed by atoms with E-state index in [0.717, 1.165) is 25.8 Å². The first-order valence-corrected chi connectivity index (χ1v) is 12.7. The standard InChI is InChI=1S/C26H38N4O4/c1-3-14-26(24(32)30(25(33)27-26)18-13-21-8-7-15-28(21)2)20-11-16-29(17-12-20)23(31)19-34-22-9-5-4-6-10-22/h4-6,9-10,20-21H,3,7-8,11-19H2,1-2H3,(H,27,33)/t21-,26-/m1/s1. The van der Waals surface area contributed by atoms with Crippen LogP contribution in [0.1, 0.15) is 51.9 Å². The number of hydrogen-bond acceptors (Lipinski definition) is 5. The topological polar surface area (TPSA) is 82.2 Å². The van der Waals surface area contributed by atoms with Crippen LogP contribution in [0.2, 0.25) is 0 Å². The molecule has 8 heteroatoms. The van der Waals surface area contributed by atoms with Crippen molar-refractivity contribution >= 4 is 17.8 Å². The second-order valence-corrected chi connectivity index (χ2v) is 9.93. The van der Waals surface area contributed by atoms with E-state index in [2.05, 4.69) is 24.2 Å². The Bertz CT molecular complexity index is 871. The van der Waals surface area contributed by atoms with Gasteiger partial charge in [0.05, 0.1) is 0 Å². The highest BCUT2D eigenvalue weighted by atomic mass is 16.5. The fraction of sp³-hybridized carbons (Fsp3) is 0.654. The van der Waals surface area contributed by atoms with Crippen LogP contribution in [0, 0.1) is 5.92 Å². The van der Waals surface area contributed by atoms with Crippen LogP contribution in [0.4, 0.5) is 4.79 Å².